The van der Waals surface area contributed by atoms with Gasteiger partial charge < -0.3 is 5.73 Å². The van der Waals surface area contributed by atoms with Gasteiger partial charge in [-0.3, -0.25) is 0 Å². The molecule has 0 fully saturated rings. The molecule has 1 aromatic rings. The van der Waals surface area contributed by atoms with Gasteiger partial charge in [-0.25, -0.2) is 0 Å². The van der Waals surface area contributed by atoms with Crippen LogP contribution in [0.2, 0.25) is 5.02 Å². The van der Waals surface area contributed by atoms with Crippen LogP contribution >= 0.6 is 11.6 Å². The monoisotopic (exact) mass is 168 g/mol. The van der Waals surface area contributed by atoms with E-state index in [0.29, 0.717) is 0 Å². The normalized spacial score (nSPS) is 10.0. The Labute approximate surface area is 72.2 Å². The molecule has 0 saturated carbocycles. The second-order valence-electron chi connectivity index (χ2n) is 2.40. The summed E-state index contributed by atoms with van der Waals surface area (Å²) in [7, 11) is 0. The zero-order chi connectivity index (χ0) is 8.10. The number of nitrogens with two attached hydrogens (primary N) is 1. The van der Waals surface area contributed by atoms with E-state index in [-0.39, 0.29) is 0 Å². The lowest BCUT2D eigenvalue weighted by molar-refractivity contribution is 0.921. The fourth-order valence-corrected chi connectivity index (χ4v) is 1.03. The van der Waals surface area contributed by atoms with Gasteiger partial charge in [-0.15, -0.1) is 0 Å². The van der Waals surface area contributed by atoms with Gasteiger partial charge in [-0.2, -0.15) is 0 Å². The van der Waals surface area contributed by atoms with E-state index in [1.54, 1.807) is 6.54 Å². The molecule has 1 nitrogen and oxygen atoms in total. The van der Waals surface area contributed by atoms with Crippen molar-refractivity contribution < 1.29 is 0 Å². The summed E-state index contributed by atoms with van der Waals surface area (Å²) in [6.07, 6.45) is 1.91. The molecule has 59 valence electrons. The molecule has 0 bridgehead atoms. The predicted molar refractivity (Wildman–Crippen MR) is 48.3 cm³/mol. The Balaban J connectivity index is 2.52. The third-order valence-corrected chi connectivity index (χ3v) is 1.76. The molecule has 0 unspecified atom stereocenters. The molecule has 1 radical (unpaired) electrons. The Bertz CT molecular complexity index is 205. The lowest BCUT2D eigenvalue weighted by Gasteiger charge is -1.97. The molecule has 1 rings (SSSR count). The van der Waals surface area contributed by atoms with Crippen LogP contribution in [-0.4, -0.2) is 0 Å². The zero-order valence-electron chi connectivity index (χ0n) is 6.26. The summed E-state index contributed by atoms with van der Waals surface area (Å²) in [5.74, 6) is 0. The summed E-state index contributed by atoms with van der Waals surface area (Å²) in [6.45, 7) is 1.68. The molecule has 0 amide bonds. The maximum atomic E-state index is 5.71. The number of benzene rings is 1. The number of aryl methyl sites for hydroxylation is 1. The fourth-order valence-electron chi connectivity index (χ4n) is 0.901. The summed E-state index contributed by atoms with van der Waals surface area (Å²) in [4.78, 5) is 0. The van der Waals surface area contributed by atoms with Crippen molar-refractivity contribution in [2.45, 2.75) is 12.8 Å². The Morgan fingerprint density at radius 1 is 1.27 bits per heavy atom. The molecule has 2 heteroatoms. The van der Waals surface area contributed by atoms with Crippen molar-refractivity contribution in [2.24, 2.45) is 5.73 Å². The molecule has 0 aromatic heterocycles. The quantitative estimate of drug-likeness (QED) is 0.737. The minimum absolute atomic E-state index is 0.783. The number of hydrogen-bond acceptors (Lipinski definition) is 1. The van der Waals surface area contributed by atoms with Crippen LogP contribution in [0.4, 0.5) is 0 Å². The average molecular weight is 169 g/mol. The van der Waals surface area contributed by atoms with Crippen molar-refractivity contribution >= 4 is 11.6 Å². The largest absolute Gasteiger partial charge is 0.326 e. The second kappa shape index (κ2) is 4.37. The van der Waals surface area contributed by atoms with Crippen molar-refractivity contribution in [3.8, 4) is 0 Å². The van der Waals surface area contributed by atoms with Crippen LogP contribution < -0.4 is 5.73 Å². The van der Waals surface area contributed by atoms with Crippen LogP contribution in [0.3, 0.4) is 0 Å². The van der Waals surface area contributed by atoms with E-state index in [9.17, 15) is 0 Å². The van der Waals surface area contributed by atoms with Crippen LogP contribution in [0.5, 0.6) is 0 Å². The van der Waals surface area contributed by atoms with E-state index >= 15 is 0 Å². The highest BCUT2D eigenvalue weighted by Crippen LogP contribution is 2.10. The Morgan fingerprint density at radius 3 is 2.45 bits per heavy atom. The van der Waals surface area contributed by atoms with Gasteiger partial charge >= 0.3 is 0 Å². The van der Waals surface area contributed by atoms with Gasteiger partial charge in [0.25, 0.3) is 0 Å². The van der Waals surface area contributed by atoms with Crippen molar-refractivity contribution in [3.63, 3.8) is 0 Å². The van der Waals surface area contributed by atoms with Gasteiger partial charge in [0.2, 0.25) is 0 Å². The molecule has 0 spiro atoms. The van der Waals surface area contributed by atoms with E-state index in [4.69, 9.17) is 17.3 Å². The first-order chi connectivity index (χ1) is 5.33. The second-order valence-corrected chi connectivity index (χ2v) is 2.84. The number of rotatable bonds is 3. The highest BCUT2D eigenvalue weighted by Gasteiger charge is 1.91. The highest BCUT2D eigenvalue weighted by molar-refractivity contribution is 6.30. The smallest absolute Gasteiger partial charge is 0.0406 e. The van der Waals surface area contributed by atoms with E-state index in [1.165, 1.54) is 5.56 Å². The van der Waals surface area contributed by atoms with E-state index < -0.39 is 0 Å². The van der Waals surface area contributed by atoms with Gasteiger partial charge in [0.05, 0.1) is 0 Å². The Kier molecular flexibility index (Phi) is 3.40. The molecule has 0 aliphatic carbocycles. The average Bonchev–Trinajstić information content (AvgIpc) is 2.04. The summed E-state index contributed by atoms with van der Waals surface area (Å²) in [6, 6.07) is 7.83. The summed E-state index contributed by atoms with van der Waals surface area (Å²) >= 11 is 5.71. The van der Waals surface area contributed by atoms with Crippen molar-refractivity contribution in [2.75, 3.05) is 0 Å². The lowest BCUT2D eigenvalue weighted by Crippen LogP contribution is -1.92. The van der Waals surface area contributed by atoms with Gasteiger partial charge in [0.1, 0.15) is 0 Å². The van der Waals surface area contributed by atoms with Gasteiger partial charge in [0.15, 0.2) is 0 Å². The van der Waals surface area contributed by atoms with Gasteiger partial charge in [-0.05, 0) is 30.5 Å². The third-order valence-electron chi connectivity index (χ3n) is 1.51. The molecule has 1 aromatic carbocycles. The van der Waals surface area contributed by atoms with Crippen LogP contribution in [0.25, 0.3) is 0 Å². The third kappa shape index (κ3) is 2.91. The summed E-state index contributed by atoms with van der Waals surface area (Å²) in [5, 5.41) is 0.783. The SMILES string of the molecule is N[CH]CCc1ccc(Cl)cc1. The van der Waals surface area contributed by atoms with Gasteiger partial charge in [-0.1, -0.05) is 23.7 Å². The van der Waals surface area contributed by atoms with Crippen LogP contribution in [-0.2, 0) is 6.42 Å². The minimum Gasteiger partial charge on any atom is -0.326 e. The number of halogens is 1. The zero-order valence-corrected chi connectivity index (χ0v) is 7.01. The topological polar surface area (TPSA) is 26.0 Å². The first-order valence-corrected chi connectivity index (χ1v) is 3.98. The fraction of sp³-hybridized carbons (Fsp3) is 0.222. The lowest BCUT2D eigenvalue weighted by atomic mass is 10.1. The molecular weight excluding hydrogens is 158 g/mol. The first kappa shape index (κ1) is 8.57. The molecule has 0 heterocycles. The van der Waals surface area contributed by atoms with Gasteiger partial charge in [0, 0.05) is 11.6 Å². The Morgan fingerprint density at radius 2 is 1.91 bits per heavy atom. The van der Waals surface area contributed by atoms with Crippen LogP contribution in [0.1, 0.15) is 12.0 Å². The molecule has 0 saturated heterocycles. The maximum Gasteiger partial charge on any atom is 0.0406 e. The molecule has 11 heavy (non-hydrogen) atoms. The van der Waals surface area contributed by atoms with Crippen molar-refractivity contribution in [1.29, 1.82) is 0 Å². The summed E-state index contributed by atoms with van der Waals surface area (Å²) < 4.78 is 0. The molecule has 2 N–H and O–H groups in total. The Hall–Kier alpha value is -0.530. The molecule has 0 aliphatic heterocycles. The van der Waals surface area contributed by atoms with Crippen LogP contribution in [0, 0.1) is 6.54 Å². The van der Waals surface area contributed by atoms with Crippen molar-refractivity contribution in [1.82, 2.24) is 0 Å². The van der Waals surface area contributed by atoms with E-state index in [1.807, 2.05) is 24.3 Å². The van der Waals surface area contributed by atoms with Crippen molar-refractivity contribution in [3.05, 3.63) is 41.4 Å². The molecule has 0 atom stereocenters. The summed E-state index contributed by atoms with van der Waals surface area (Å²) in [5.41, 5.74) is 6.53. The molecular formula is C9H11ClN. The highest BCUT2D eigenvalue weighted by atomic mass is 35.5. The van der Waals surface area contributed by atoms with E-state index in [0.717, 1.165) is 17.9 Å². The number of hydrogen-bond donors (Lipinski definition) is 1. The van der Waals surface area contributed by atoms with Crippen LogP contribution in [0.15, 0.2) is 24.3 Å². The first-order valence-electron chi connectivity index (χ1n) is 3.61. The maximum absolute atomic E-state index is 5.71. The van der Waals surface area contributed by atoms with E-state index in [2.05, 4.69) is 0 Å². The minimum atomic E-state index is 0.783. The predicted octanol–water partition coefficient (Wildman–Crippen LogP) is 2.39. The molecule has 0 aliphatic rings. The standard InChI is InChI=1S/C9H11ClN/c10-9-5-3-8(4-6-9)2-1-7-11/h3-7H,1-2,11H2.